The first-order chi connectivity index (χ1) is 22.1. The zero-order chi connectivity index (χ0) is 32.7. The van der Waals surface area contributed by atoms with Gasteiger partial charge in [-0.2, -0.15) is 0 Å². The van der Waals surface area contributed by atoms with Crippen molar-refractivity contribution in [1.29, 1.82) is 0 Å². The van der Waals surface area contributed by atoms with Crippen molar-refractivity contribution in [2.24, 2.45) is 0 Å². The highest BCUT2D eigenvalue weighted by Crippen LogP contribution is 2.42. The standard InChI is InChI=1S/C27H33F3N6O9S/c28-13-5-12(6-14(29)19(13)30)16-8-36(34-32-16)21-23(40)18(10-38)45-27(25(21)42)46-26-24(41)20(22(39)17(9-37)44-26)35-7-15(31-33-35)11-1-3-43-4-2-11/h5-8,11,17-18,20-27,37-42H,1-4,9-10H2/t17-,18?,20?,21+,22?,23+,24-,25?,26?,27+/m1/s1. The Labute approximate surface area is 263 Å². The third-order valence-electron chi connectivity index (χ3n) is 8.53. The van der Waals surface area contributed by atoms with Crippen LogP contribution >= 0.6 is 11.8 Å². The van der Waals surface area contributed by atoms with E-state index in [-0.39, 0.29) is 17.2 Å². The average molecular weight is 675 g/mol. The fourth-order valence-electron chi connectivity index (χ4n) is 5.99. The lowest BCUT2D eigenvalue weighted by atomic mass is 9.96. The molecule has 3 aromatic rings. The van der Waals surface area contributed by atoms with Crippen molar-refractivity contribution < 1.29 is 58.0 Å². The summed E-state index contributed by atoms with van der Waals surface area (Å²) < 4.78 is 60.5. The molecule has 3 saturated heterocycles. The van der Waals surface area contributed by atoms with E-state index in [1.807, 2.05) is 0 Å². The van der Waals surface area contributed by atoms with Gasteiger partial charge in [0.05, 0.1) is 25.1 Å². The highest BCUT2D eigenvalue weighted by atomic mass is 32.2. The van der Waals surface area contributed by atoms with Crippen LogP contribution in [-0.4, -0.2) is 135 Å². The molecule has 46 heavy (non-hydrogen) atoms. The van der Waals surface area contributed by atoms with Crippen molar-refractivity contribution in [3.05, 3.63) is 47.7 Å². The van der Waals surface area contributed by atoms with Crippen LogP contribution in [0.4, 0.5) is 13.2 Å². The Kier molecular flexibility index (Phi) is 9.95. The van der Waals surface area contributed by atoms with Gasteiger partial charge < -0.3 is 44.8 Å². The number of aliphatic hydroxyl groups is 6. The van der Waals surface area contributed by atoms with Crippen molar-refractivity contribution >= 4 is 11.8 Å². The van der Waals surface area contributed by atoms with E-state index in [1.165, 1.54) is 10.9 Å². The maximum absolute atomic E-state index is 13.8. The van der Waals surface area contributed by atoms with Crippen LogP contribution in [0.15, 0.2) is 24.5 Å². The van der Waals surface area contributed by atoms with Crippen LogP contribution < -0.4 is 0 Å². The number of hydrogen-bond acceptors (Lipinski definition) is 14. The van der Waals surface area contributed by atoms with Crippen LogP contribution in [0.25, 0.3) is 11.3 Å². The van der Waals surface area contributed by atoms with Gasteiger partial charge in [-0.3, -0.25) is 0 Å². The van der Waals surface area contributed by atoms with E-state index >= 15 is 0 Å². The zero-order valence-corrected chi connectivity index (χ0v) is 24.9. The second-order valence-corrected chi connectivity index (χ2v) is 12.6. The summed E-state index contributed by atoms with van der Waals surface area (Å²) in [5.74, 6) is -4.48. The van der Waals surface area contributed by atoms with E-state index in [0.29, 0.717) is 31.0 Å². The van der Waals surface area contributed by atoms with Crippen LogP contribution in [0.1, 0.15) is 36.5 Å². The highest BCUT2D eigenvalue weighted by Gasteiger charge is 2.51. The highest BCUT2D eigenvalue weighted by molar-refractivity contribution is 8.00. The van der Waals surface area contributed by atoms with Crippen LogP contribution in [0.2, 0.25) is 0 Å². The van der Waals surface area contributed by atoms with Gasteiger partial charge in [-0.05, 0) is 25.0 Å². The molecule has 0 aliphatic carbocycles. The van der Waals surface area contributed by atoms with Gasteiger partial charge >= 0.3 is 0 Å². The number of thioether (sulfide) groups is 1. The third kappa shape index (κ3) is 6.28. The summed E-state index contributed by atoms with van der Waals surface area (Å²) in [6.07, 6.45) is -4.20. The number of rotatable bonds is 8. The summed E-state index contributed by atoms with van der Waals surface area (Å²) >= 11 is 0.771. The molecule has 5 unspecified atom stereocenters. The van der Waals surface area contributed by atoms with Crippen LogP contribution in [0.5, 0.6) is 0 Å². The molecule has 0 amide bonds. The first kappa shape index (κ1) is 33.2. The first-order valence-electron chi connectivity index (χ1n) is 14.6. The molecule has 0 saturated carbocycles. The molecule has 3 aliphatic heterocycles. The van der Waals surface area contributed by atoms with Crippen LogP contribution in [0, 0.1) is 17.5 Å². The van der Waals surface area contributed by atoms with Crippen molar-refractivity contribution in [2.75, 3.05) is 26.4 Å². The summed E-state index contributed by atoms with van der Waals surface area (Å²) in [6.45, 7) is -0.179. The molecule has 10 atom stereocenters. The number of nitrogens with zero attached hydrogens (tertiary/aromatic N) is 6. The second-order valence-electron chi connectivity index (χ2n) is 11.4. The second kappa shape index (κ2) is 13.8. The van der Waals surface area contributed by atoms with Crippen LogP contribution in [0.3, 0.4) is 0 Å². The molecule has 1 aromatic carbocycles. The fraction of sp³-hybridized carbons (Fsp3) is 0.630. The van der Waals surface area contributed by atoms with E-state index in [1.54, 1.807) is 6.20 Å². The molecule has 6 N–H and O–H groups in total. The number of halogens is 3. The Hall–Kier alpha value is -2.72. The third-order valence-corrected chi connectivity index (χ3v) is 9.85. The monoisotopic (exact) mass is 674 g/mol. The van der Waals surface area contributed by atoms with Crippen LogP contribution in [-0.2, 0) is 14.2 Å². The van der Waals surface area contributed by atoms with E-state index in [4.69, 9.17) is 14.2 Å². The Morgan fingerprint density at radius 3 is 1.83 bits per heavy atom. The molecular formula is C27H33F3N6O9S. The number of hydrogen-bond donors (Lipinski definition) is 6. The SMILES string of the molecule is OCC1O[C@@H](SC2O[C@H](CO)C(O)C(n3cc(C4CCOCC4)nn3)[C@H]2O)C(O)[C@@H](n2cc(-c3cc(F)c(F)c(F)c3)nn2)[C@H]1O. The topological polar surface area (TPSA) is 210 Å². The number of aliphatic hydroxyl groups excluding tert-OH is 6. The molecule has 0 bridgehead atoms. The van der Waals surface area contributed by atoms with Gasteiger partial charge in [-0.25, -0.2) is 22.5 Å². The van der Waals surface area contributed by atoms with E-state index < -0.39 is 90.2 Å². The minimum atomic E-state index is -1.66. The summed E-state index contributed by atoms with van der Waals surface area (Å²) in [7, 11) is 0. The smallest absolute Gasteiger partial charge is 0.194 e. The molecule has 3 fully saturated rings. The van der Waals surface area contributed by atoms with E-state index in [9.17, 15) is 43.8 Å². The summed E-state index contributed by atoms with van der Waals surface area (Å²) in [6, 6.07) is -1.02. The van der Waals surface area contributed by atoms with Gasteiger partial charge in [-0.15, -0.1) is 10.2 Å². The Balaban J connectivity index is 1.24. The predicted octanol–water partition coefficient (Wildman–Crippen LogP) is -0.758. The van der Waals surface area contributed by atoms with Crippen molar-refractivity contribution in [2.45, 2.75) is 78.3 Å². The maximum atomic E-state index is 13.8. The Bertz CT molecular complexity index is 1480. The van der Waals surface area contributed by atoms with Gasteiger partial charge in [-0.1, -0.05) is 22.2 Å². The molecule has 252 valence electrons. The van der Waals surface area contributed by atoms with Crippen molar-refractivity contribution in [3.8, 4) is 11.3 Å². The summed E-state index contributed by atoms with van der Waals surface area (Å²) in [5, 5.41) is 80.8. The normalized spacial score (nSPS) is 34.2. The molecule has 6 rings (SSSR count). The number of benzene rings is 1. The minimum Gasteiger partial charge on any atom is -0.394 e. The lowest BCUT2D eigenvalue weighted by molar-refractivity contribution is -0.189. The van der Waals surface area contributed by atoms with E-state index in [2.05, 4.69) is 20.6 Å². The molecule has 15 nitrogen and oxygen atoms in total. The summed E-state index contributed by atoms with van der Waals surface area (Å²) in [5.41, 5.74) is -2.12. The summed E-state index contributed by atoms with van der Waals surface area (Å²) in [4.78, 5) is 0. The van der Waals surface area contributed by atoms with Gasteiger partial charge in [0.1, 0.15) is 65.3 Å². The molecule has 0 radical (unpaired) electrons. The van der Waals surface area contributed by atoms with Gasteiger partial charge in [0, 0.05) is 30.9 Å². The van der Waals surface area contributed by atoms with Gasteiger partial charge in [0.15, 0.2) is 17.5 Å². The van der Waals surface area contributed by atoms with Crippen molar-refractivity contribution in [3.63, 3.8) is 0 Å². The average Bonchev–Trinajstić information content (AvgIpc) is 3.74. The molecule has 5 heterocycles. The molecule has 2 aromatic heterocycles. The Morgan fingerprint density at radius 1 is 0.761 bits per heavy atom. The maximum Gasteiger partial charge on any atom is 0.194 e. The predicted molar refractivity (Wildman–Crippen MR) is 149 cm³/mol. The number of ether oxygens (including phenoxy) is 3. The molecule has 3 aliphatic rings. The molecular weight excluding hydrogens is 641 g/mol. The molecule has 19 heteroatoms. The van der Waals surface area contributed by atoms with Gasteiger partial charge in [0.25, 0.3) is 0 Å². The van der Waals surface area contributed by atoms with E-state index in [0.717, 1.165) is 29.3 Å². The first-order valence-corrected chi connectivity index (χ1v) is 15.5. The van der Waals surface area contributed by atoms with Crippen molar-refractivity contribution in [1.82, 2.24) is 30.0 Å². The largest absolute Gasteiger partial charge is 0.394 e. The van der Waals surface area contributed by atoms with Gasteiger partial charge in [0.2, 0.25) is 0 Å². The zero-order valence-electron chi connectivity index (χ0n) is 24.0. The lowest BCUT2D eigenvalue weighted by Gasteiger charge is -2.46. The Morgan fingerprint density at radius 2 is 1.28 bits per heavy atom. The number of aromatic nitrogens is 6. The minimum absolute atomic E-state index is 0.0819. The lowest BCUT2D eigenvalue weighted by Crippen LogP contribution is -2.58. The molecule has 0 spiro atoms. The quantitative estimate of drug-likeness (QED) is 0.162. The fourth-order valence-corrected chi connectivity index (χ4v) is 7.31.